The molecular formula is C17H18N2O3. The maximum Gasteiger partial charge on any atom is 0.259 e. The minimum atomic E-state index is -0.660. The number of carbonyl (C=O) groups excluding carboxylic acids is 3. The topological polar surface area (TPSA) is 66.5 Å². The van der Waals surface area contributed by atoms with E-state index in [0.717, 1.165) is 11.1 Å². The highest BCUT2D eigenvalue weighted by Crippen LogP contribution is 2.36. The Hall–Kier alpha value is -2.43. The lowest BCUT2D eigenvalue weighted by Crippen LogP contribution is -2.52. The molecule has 3 amide bonds. The van der Waals surface area contributed by atoms with E-state index in [-0.39, 0.29) is 18.2 Å². The second kappa shape index (κ2) is 5.09. The van der Waals surface area contributed by atoms with Crippen molar-refractivity contribution >= 4 is 23.4 Å². The molecule has 0 radical (unpaired) electrons. The third kappa shape index (κ3) is 2.13. The minimum Gasteiger partial charge on any atom is -0.296 e. The van der Waals surface area contributed by atoms with Crippen LogP contribution in [0.4, 0.5) is 0 Å². The van der Waals surface area contributed by atoms with Crippen LogP contribution in [0.2, 0.25) is 0 Å². The van der Waals surface area contributed by atoms with Gasteiger partial charge in [0, 0.05) is 23.2 Å². The van der Waals surface area contributed by atoms with E-state index < -0.39 is 11.9 Å². The van der Waals surface area contributed by atoms with E-state index in [1.165, 1.54) is 4.90 Å². The van der Waals surface area contributed by atoms with Crippen LogP contribution in [0.25, 0.3) is 5.70 Å². The van der Waals surface area contributed by atoms with E-state index in [2.05, 4.69) is 25.7 Å². The number of rotatable bonds is 2. The number of hydrogen-bond donors (Lipinski definition) is 1. The summed E-state index contributed by atoms with van der Waals surface area (Å²) in [4.78, 5) is 37.5. The van der Waals surface area contributed by atoms with Gasteiger partial charge in [-0.25, -0.2) is 0 Å². The Bertz CT molecular complexity index is 706. The fourth-order valence-corrected chi connectivity index (χ4v) is 2.99. The molecule has 0 spiro atoms. The van der Waals surface area contributed by atoms with Gasteiger partial charge in [0.05, 0.1) is 0 Å². The Kier molecular flexibility index (Phi) is 3.35. The molecule has 1 fully saturated rings. The molecule has 1 aromatic carbocycles. The summed E-state index contributed by atoms with van der Waals surface area (Å²) in [5.74, 6) is -0.617. The van der Waals surface area contributed by atoms with Crippen LogP contribution in [0.15, 0.2) is 24.8 Å². The van der Waals surface area contributed by atoms with Crippen LogP contribution in [0.1, 0.15) is 54.1 Å². The van der Waals surface area contributed by atoms with Gasteiger partial charge >= 0.3 is 0 Å². The van der Waals surface area contributed by atoms with Gasteiger partial charge in [0.15, 0.2) is 0 Å². The van der Waals surface area contributed by atoms with E-state index in [0.29, 0.717) is 23.6 Å². The SMILES string of the molecule is C=C1c2ccc(C(C)C)cc2C(=O)N1C1CCC(=O)NC1=O. The van der Waals surface area contributed by atoms with Gasteiger partial charge in [-0.15, -0.1) is 0 Å². The highest BCUT2D eigenvalue weighted by atomic mass is 16.2. The molecule has 1 atom stereocenters. The number of nitrogens with zero attached hydrogens (tertiary/aromatic N) is 1. The maximum absolute atomic E-state index is 12.7. The fraction of sp³-hybridized carbons (Fsp3) is 0.353. The lowest BCUT2D eigenvalue weighted by atomic mass is 9.98. The molecule has 0 bridgehead atoms. The summed E-state index contributed by atoms with van der Waals surface area (Å²) >= 11 is 0. The summed E-state index contributed by atoms with van der Waals surface area (Å²) in [5, 5.41) is 2.29. The van der Waals surface area contributed by atoms with Gasteiger partial charge < -0.3 is 0 Å². The Morgan fingerprint density at radius 3 is 2.59 bits per heavy atom. The van der Waals surface area contributed by atoms with E-state index in [1.807, 2.05) is 18.2 Å². The normalized spacial score (nSPS) is 21.4. The average Bonchev–Trinajstić information content (AvgIpc) is 2.71. The van der Waals surface area contributed by atoms with E-state index >= 15 is 0 Å². The molecule has 0 aliphatic carbocycles. The summed E-state index contributed by atoms with van der Waals surface area (Å²) in [6, 6.07) is 5.08. The molecule has 1 saturated heterocycles. The van der Waals surface area contributed by atoms with Crippen LogP contribution < -0.4 is 5.32 Å². The third-order valence-corrected chi connectivity index (χ3v) is 4.28. The van der Waals surface area contributed by atoms with Crippen LogP contribution in [-0.4, -0.2) is 28.7 Å². The summed E-state index contributed by atoms with van der Waals surface area (Å²) in [5.41, 5.74) is 2.95. The highest BCUT2D eigenvalue weighted by Gasteiger charge is 2.41. The minimum absolute atomic E-state index is 0.211. The molecule has 1 N–H and O–H groups in total. The van der Waals surface area contributed by atoms with Crippen molar-refractivity contribution in [3.05, 3.63) is 41.5 Å². The van der Waals surface area contributed by atoms with Crippen molar-refractivity contribution in [3.63, 3.8) is 0 Å². The molecule has 2 heterocycles. The molecule has 114 valence electrons. The number of nitrogens with one attached hydrogen (secondary N) is 1. The summed E-state index contributed by atoms with van der Waals surface area (Å²) < 4.78 is 0. The number of piperidine rings is 1. The highest BCUT2D eigenvalue weighted by molar-refractivity contribution is 6.12. The zero-order valence-corrected chi connectivity index (χ0v) is 12.7. The van der Waals surface area contributed by atoms with Crippen LogP contribution >= 0.6 is 0 Å². The smallest absolute Gasteiger partial charge is 0.259 e. The number of benzene rings is 1. The molecule has 2 aliphatic rings. The van der Waals surface area contributed by atoms with Crippen molar-refractivity contribution in [2.75, 3.05) is 0 Å². The fourth-order valence-electron chi connectivity index (χ4n) is 2.99. The van der Waals surface area contributed by atoms with Crippen LogP contribution in [0.3, 0.4) is 0 Å². The largest absolute Gasteiger partial charge is 0.296 e. The van der Waals surface area contributed by atoms with Crippen molar-refractivity contribution in [3.8, 4) is 0 Å². The summed E-state index contributed by atoms with van der Waals surface area (Å²) in [6.07, 6.45) is 0.571. The first kappa shape index (κ1) is 14.5. The van der Waals surface area contributed by atoms with Crippen molar-refractivity contribution in [1.82, 2.24) is 10.2 Å². The molecular weight excluding hydrogens is 280 g/mol. The number of imide groups is 1. The van der Waals surface area contributed by atoms with Crippen LogP contribution in [0.5, 0.6) is 0 Å². The van der Waals surface area contributed by atoms with Crippen molar-refractivity contribution in [2.24, 2.45) is 0 Å². The Morgan fingerprint density at radius 2 is 1.95 bits per heavy atom. The first-order valence-electron chi connectivity index (χ1n) is 7.40. The molecule has 1 unspecified atom stereocenters. The van der Waals surface area contributed by atoms with Gasteiger partial charge in [0.25, 0.3) is 5.91 Å². The Balaban J connectivity index is 1.96. The number of hydrogen-bond acceptors (Lipinski definition) is 3. The predicted molar refractivity (Wildman–Crippen MR) is 81.9 cm³/mol. The standard InChI is InChI=1S/C17H18N2O3/c1-9(2)11-4-5-12-10(3)19(17(22)13(12)8-11)14-6-7-15(20)18-16(14)21/h4-5,8-9,14H,3,6-7H2,1-2H3,(H,18,20,21). The maximum atomic E-state index is 12.7. The van der Waals surface area contributed by atoms with Crippen molar-refractivity contribution in [2.45, 2.75) is 38.6 Å². The molecule has 3 rings (SSSR count). The van der Waals surface area contributed by atoms with Gasteiger partial charge in [-0.1, -0.05) is 32.6 Å². The van der Waals surface area contributed by atoms with Crippen LogP contribution in [0, 0.1) is 0 Å². The Morgan fingerprint density at radius 1 is 1.23 bits per heavy atom. The zero-order chi connectivity index (χ0) is 16.0. The van der Waals surface area contributed by atoms with E-state index in [4.69, 9.17) is 0 Å². The quantitative estimate of drug-likeness (QED) is 0.850. The second-order valence-electron chi connectivity index (χ2n) is 6.05. The number of carbonyl (C=O) groups is 3. The zero-order valence-electron chi connectivity index (χ0n) is 12.7. The molecule has 22 heavy (non-hydrogen) atoms. The van der Waals surface area contributed by atoms with Gasteiger partial charge in [-0.05, 0) is 24.0 Å². The molecule has 0 saturated carbocycles. The predicted octanol–water partition coefficient (Wildman–Crippen LogP) is 2.04. The van der Waals surface area contributed by atoms with Crippen LogP contribution in [-0.2, 0) is 9.59 Å². The monoisotopic (exact) mass is 298 g/mol. The first-order valence-corrected chi connectivity index (χ1v) is 7.40. The average molecular weight is 298 g/mol. The van der Waals surface area contributed by atoms with E-state index in [9.17, 15) is 14.4 Å². The Labute approximate surface area is 129 Å². The van der Waals surface area contributed by atoms with Gasteiger partial charge in [0.1, 0.15) is 6.04 Å². The molecule has 1 aromatic rings. The molecule has 5 nitrogen and oxygen atoms in total. The second-order valence-corrected chi connectivity index (χ2v) is 6.05. The van der Waals surface area contributed by atoms with Gasteiger partial charge in [-0.3, -0.25) is 24.6 Å². The molecule has 0 aromatic heterocycles. The van der Waals surface area contributed by atoms with E-state index in [1.54, 1.807) is 0 Å². The molecule has 2 aliphatic heterocycles. The van der Waals surface area contributed by atoms with Crippen molar-refractivity contribution < 1.29 is 14.4 Å². The number of amides is 3. The summed E-state index contributed by atoms with van der Waals surface area (Å²) in [7, 11) is 0. The first-order chi connectivity index (χ1) is 10.4. The lowest BCUT2D eigenvalue weighted by Gasteiger charge is -2.30. The summed E-state index contributed by atoms with van der Waals surface area (Å²) in [6.45, 7) is 8.10. The van der Waals surface area contributed by atoms with Gasteiger partial charge in [-0.2, -0.15) is 0 Å². The third-order valence-electron chi connectivity index (χ3n) is 4.28. The van der Waals surface area contributed by atoms with Gasteiger partial charge in [0.2, 0.25) is 11.8 Å². The lowest BCUT2D eigenvalue weighted by molar-refractivity contribution is -0.136. The number of fused-ring (bicyclic) bond motifs is 1. The van der Waals surface area contributed by atoms with Crippen molar-refractivity contribution in [1.29, 1.82) is 0 Å². The molecule has 5 heteroatoms.